The van der Waals surface area contributed by atoms with Gasteiger partial charge in [-0.1, -0.05) is 30.3 Å². The second kappa shape index (κ2) is 5.74. The Bertz CT molecular complexity index is 620. The molecule has 4 nitrogen and oxygen atoms in total. The van der Waals surface area contributed by atoms with Crippen LogP contribution in [-0.2, 0) is 4.74 Å². The van der Waals surface area contributed by atoms with Gasteiger partial charge >= 0.3 is 0 Å². The van der Waals surface area contributed by atoms with E-state index in [-0.39, 0.29) is 18.1 Å². The van der Waals surface area contributed by atoms with E-state index in [9.17, 15) is 4.79 Å². The van der Waals surface area contributed by atoms with Crippen LogP contribution >= 0.6 is 0 Å². The van der Waals surface area contributed by atoms with Gasteiger partial charge in [0.15, 0.2) is 5.76 Å². The molecule has 1 saturated heterocycles. The van der Waals surface area contributed by atoms with Crippen molar-refractivity contribution >= 4 is 5.91 Å². The number of nitrogens with zero attached hydrogens (tertiary/aromatic N) is 1. The number of rotatable bonds is 2. The number of morpholine rings is 1. The zero-order chi connectivity index (χ0) is 14.8. The number of hydrogen-bond donors (Lipinski definition) is 0. The van der Waals surface area contributed by atoms with E-state index >= 15 is 0 Å². The summed E-state index contributed by atoms with van der Waals surface area (Å²) in [7, 11) is 0. The van der Waals surface area contributed by atoms with Crippen molar-refractivity contribution in [1.29, 1.82) is 0 Å². The fraction of sp³-hybridized carbons (Fsp3) is 0.353. The number of carbonyl (C=O) groups is 1. The standard InChI is InChI=1S/C17H19NO3/c1-12-8-9-15(20-12)17(19)18-10-13(2)21-16(11-18)14-6-4-3-5-7-14/h3-9,13,16H,10-11H2,1-2H3. The van der Waals surface area contributed by atoms with Crippen molar-refractivity contribution in [3.63, 3.8) is 0 Å². The van der Waals surface area contributed by atoms with Crippen LogP contribution in [0.5, 0.6) is 0 Å². The number of aryl methyl sites for hydroxylation is 1. The smallest absolute Gasteiger partial charge is 0.289 e. The van der Waals surface area contributed by atoms with Crippen molar-refractivity contribution in [1.82, 2.24) is 4.90 Å². The van der Waals surface area contributed by atoms with E-state index in [1.165, 1.54) is 0 Å². The molecule has 1 fully saturated rings. The van der Waals surface area contributed by atoms with E-state index in [0.29, 0.717) is 18.8 Å². The first-order valence-electron chi connectivity index (χ1n) is 7.19. The van der Waals surface area contributed by atoms with E-state index < -0.39 is 0 Å². The van der Waals surface area contributed by atoms with Crippen molar-refractivity contribution in [3.05, 3.63) is 59.5 Å². The molecule has 0 spiro atoms. The fourth-order valence-corrected chi connectivity index (χ4v) is 2.67. The van der Waals surface area contributed by atoms with Gasteiger partial charge in [-0.25, -0.2) is 0 Å². The summed E-state index contributed by atoms with van der Waals surface area (Å²) in [6.07, 6.45) is -0.0843. The number of ether oxygens (including phenoxy) is 1. The molecule has 0 bridgehead atoms. The summed E-state index contributed by atoms with van der Waals surface area (Å²) in [5.41, 5.74) is 1.09. The molecule has 0 aliphatic carbocycles. The molecule has 2 unspecified atom stereocenters. The van der Waals surface area contributed by atoms with E-state index in [2.05, 4.69) is 0 Å². The molecule has 2 aromatic rings. The fourth-order valence-electron chi connectivity index (χ4n) is 2.67. The van der Waals surface area contributed by atoms with Crippen molar-refractivity contribution < 1.29 is 13.9 Å². The van der Waals surface area contributed by atoms with Gasteiger partial charge in [-0.05, 0) is 31.5 Å². The van der Waals surface area contributed by atoms with E-state index in [1.54, 1.807) is 6.07 Å². The average Bonchev–Trinajstić information content (AvgIpc) is 2.93. The molecule has 21 heavy (non-hydrogen) atoms. The summed E-state index contributed by atoms with van der Waals surface area (Å²) in [5.74, 6) is 1.08. The first kappa shape index (κ1) is 13.9. The van der Waals surface area contributed by atoms with Crippen LogP contribution in [0.2, 0.25) is 0 Å². The molecule has 1 aromatic heterocycles. The highest BCUT2D eigenvalue weighted by Crippen LogP contribution is 2.26. The van der Waals surface area contributed by atoms with Crippen LogP contribution in [0, 0.1) is 6.92 Å². The molecule has 0 saturated carbocycles. The maximum Gasteiger partial charge on any atom is 0.289 e. The van der Waals surface area contributed by atoms with Crippen molar-refractivity contribution in [2.75, 3.05) is 13.1 Å². The SMILES string of the molecule is Cc1ccc(C(=O)N2CC(C)OC(c3ccccc3)C2)o1. The van der Waals surface area contributed by atoms with E-state index in [4.69, 9.17) is 9.15 Å². The Morgan fingerprint density at radius 2 is 1.90 bits per heavy atom. The summed E-state index contributed by atoms with van der Waals surface area (Å²) in [6, 6.07) is 13.6. The molecule has 2 atom stereocenters. The minimum Gasteiger partial charge on any atom is -0.456 e. The van der Waals surface area contributed by atoms with Crippen molar-refractivity contribution in [2.24, 2.45) is 0 Å². The molecule has 1 aliphatic rings. The van der Waals surface area contributed by atoms with Gasteiger partial charge in [-0.3, -0.25) is 4.79 Å². The summed E-state index contributed by atoms with van der Waals surface area (Å²) >= 11 is 0. The lowest BCUT2D eigenvalue weighted by molar-refractivity contribution is -0.0697. The van der Waals surface area contributed by atoms with Crippen LogP contribution in [0.1, 0.15) is 34.9 Å². The average molecular weight is 285 g/mol. The predicted octanol–water partition coefficient (Wildman–Crippen LogP) is 3.19. The second-order valence-corrected chi connectivity index (χ2v) is 5.47. The number of carbonyl (C=O) groups excluding carboxylic acids is 1. The quantitative estimate of drug-likeness (QED) is 0.851. The molecular weight excluding hydrogens is 266 g/mol. The summed E-state index contributed by atoms with van der Waals surface area (Å²) in [4.78, 5) is 14.3. The maximum atomic E-state index is 12.5. The third-order valence-electron chi connectivity index (χ3n) is 3.67. The Morgan fingerprint density at radius 1 is 1.14 bits per heavy atom. The number of benzene rings is 1. The molecular formula is C17H19NO3. The summed E-state index contributed by atoms with van der Waals surface area (Å²) in [6.45, 7) is 4.96. The van der Waals surface area contributed by atoms with Gasteiger partial charge in [0.05, 0.1) is 12.6 Å². The monoisotopic (exact) mass is 285 g/mol. The molecule has 0 N–H and O–H groups in total. The van der Waals surface area contributed by atoms with Gasteiger partial charge in [0.25, 0.3) is 5.91 Å². The van der Waals surface area contributed by atoms with Gasteiger partial charge in [0, 0.05) is 6.54 Å². The Balaban J connectivity index is 1.78. The van der Waals surface area contributed by atoms with Crippen LogP contribution in [0.4, 0.5) is 0 Å². The number of furan rings is 1. The zero-order valence-electron chi connectivity index (χ0n) is 12.3. The first-order valence-corrected chi connectivity index (χ1v) is 7.19. The molecule has 3 rings (SSSR count). The lowest BCUT2D eigenvalue weighted by Crippen LogP contribution is -2.45. The Morgan fingerprint density at radius 3 is 2.57 bits per heavy atom. The molecule has 0 radical (unpaired) electrons. The van der Waals surface area contributed by atoms with Crippen LogP contribution in [-0.4, -0.2) is 30.0 Å². The second-order valence-electron chi connectivity index (χ2n) is 5.47. The Hall–Kier alpha value is -2.07. The molecule has 1 amide bonds. The van der Waals surface area contributed by atoms with Crippen LogP contribution in [0.15, 0.2) is 46.9 Å². The van der Waals surface area contributed by atoms with Crippen LogP contribution in [0.3, 0.4) is 0 Å². The molecule has 1 aromatic carbocycles. The Labute approximate surface area is 124 Å². The minimum atomic E-state index is -0.0880. The third-order valence-corrected chi connectivity index (χ3v) is 3.67. The topological polar surface area (TPSA) is 42.7 Å². The normalized spacial score (nSPS) is 22.3. The van der Waals surface area contributed by atoms with Gasteiger partial charge in [0.2, 0.25) is 0 Å². The molecule has 2 heterocycles. The van der Waals surface area contributed by atoms with Gasteiger partial charge < -0.3 is 14.1 Å². The highest BCUT2D eigenvalue weighted by atomic mass is 16.5. The summed E-state index contributed by atoms with van der Waals surface area (Å²) < 4.78 is 11.4. The predicted molar refractivity (Wildman–Crippen MR) is 79.1 cm³/mol. The largest absolute Gasteiger partial charge is 0.456 e. The minimum absolute atomic E-state index is 0.00367. The highest BCUT2D eigenvalue weighted by Gasteiger charge is 2.30. The van der Waals surface area contributed by atoms with E-state index in [0.717, 1.165) is 11.3 Å². The third kappa shape index (κ3) is 3.00. The maximum absolute atomic E-state index is 12.5. The van der Waals surface area contributed by atoms with Crippen molar-refractivity contribution in [3.8, 4) is 0 Å². The van der Waals surface area contributed by atoms with Gasteiger partial charge in [-0.15, -0.1) is 0 Å². The van der Waals surface area contributed by atoms with Crippen molar-refractivity contribution in [2.45, 2.75) is 26.1 Å². The highest BCUT2D eigenvalue weighted by molar-refractivity contribution is 5.91. The molecule has 110 valence electrons. The van der Waals surface area contributed by atoms with E-state index in [1.807, 2.05) is 55.1 Å². The zero-order valence-corrected chi connectivity index (χ0v) is 12.3. The lowest BCUT2D eigenvalue weighted by atomic mass is 10.1. The Kier molecular flexibility index (Phi) is 3.80. The lowest BCUT2D eigenvalue weighted by Gasteiger charge is -2.36. The molecule has 1 aliphatic heterocycles. The molecule has 4 heteroatoms. The number of hydrogen-bond acceptors (Lipinski definition) is 3. The number of amides is 1. The van der Waals surface area contributed by atoms with Gasteiger partial charge in [0.1, 0.15) is 11.9 Å². The van der Waals surface area contributed by atoms with Crippen LogP contribution in [0.25, 0.3) is 0 Å². The van der Waals surface area contributed by atoms with Gasteiger partial charge in [-0.2, -0.15) is 0 Å². The summed E-state index contributed by atoms with van der Waals surface area (Å²) in [5, 5.41) is 0. The van der Waals surface area contributed by atoms with Crippen LogP contribution < -0.4 is 0 Å². The first-order chi connectivity index (χ1) is 10.1.